The Morgan fingerprint density at radius 1 is 0.648 bits per heavy atom. The van der Waals surface area contributed by atoms with Crippen LogP contribution in [-0.2, 0) is 34.1 Å². The molecule has 2 saturated carbocycles. The number of ketones is 2. The summed E-state index contributed by atoms with van der Waals surface area (Å²) in [5.41, 5.74) is 2.26. The molecule has 0 aromatic heterocycles. The van der Waals surface area contributed by atoms with Crippen molar-refractivity contribution in [3.63, 3.8) is 0 Å². The Labute approximate surface area is 316 Å². The van der Waals surface area contributed by atoms with Crippen molar-refractivity contribution in [3.05, 3.63) is 71.3 Å². The van der Waals surface area contributed by atoms with Crippen molar-refractivity contribution in [2.75, 3.05) is 26.3 Å². The highest BCUT2D eigenvalue weighted by atomic mass is 16.5. The van der Waals surface area contributed by atoms with Crippen molar-refractivity contribution >= 4 is 35.2 Å². The summed E-state index contributed by atoms with van der Waals surface area (Å²) in [7, 11) is 0. The van der Waals surface area contributed by atoms with E-state index in [9.17, 15) is 28.8 Å². The van der Waals surface area contributed by atoms with Crippen molar-refractivity contribution < 1.29 is 38.2 Å². The fourth-order valence-corrected chi connectivity index (χ4v) is 8.09. The number of amides is 4. The van der Waals surface area contributed by atoms with E-state index in [-0.39, 0.29) is 66.0 Å². The predicted octanol–water partition coefficient (Wildman–Crippen LogP) is 3.61. The van der Waals surface area contributed by atoms with E-state index in [2.05, 4.69) is 31.4 Å². The Hall–Kier alpha value is -4.42. The fraction of sp³-hybridized carbons (Fsp3) is 0.571. The van der Waals surface area contributed by atoms with Gasteiger partial charge in [0.25, 0.3) is 11.8 Å². The van der Waals surface area contributed by atoms with Gasteiger partial charge in [0.2, 0.25) is 11.8 Å². The number of ether oxygens (including phenoxy) is 2. The standard InChI is InChI=1S/C23H30N2O4.C19H22N2O4/c1-23(2,3)16-8-6-15(7-9-16)21(27)24-17(12-14-4-5-14)22(28)25-11-10-19-20(25)18(26)13-29-19;22-15-11-25-16-8-9-21(17(15)16)19(24)14(10-12-6-7-12)20-18(23)13-4-2-1-3-5-13/h6-9,14,17,19-20H,4-5,10-13H2,1-3H3,(H,24,27);1-5,12,14,16-17H,6-11H2,(H,20,23). The molecule has 4 aliphatic heterocycles. The molecular formula is C42H52N4O8. The number of Topliss-reactive ketones (excluding diaryl/α,β-unsaturated/α-hetero) is 2. The first kappa shape index (κ1) is 37.9. The van der Waals surface area contributed by atoms with Crippen LogP contribution in [0.4, 0.5) is 0 Å². The lowest BCUT2D eigenvalue weighted by atomic mass is 9.86. The molecule has 6 atom stereocenters. The Morgan fingerprint density at radius 2 is 1.07 bits per heavy atom. The largest absolute Gasteiger partial charge is 0.368 e. The number of carbonyl (C=O) groups is 6. The zero-order valence-corrected chi connectivity index (χ0v) is 31.5. The third-order valence-electron chi connectivity index (χ3n) is 11.6. The van der Waals surface area contributed by atoms with Gasteiger partial charge in [0, 0.05) is 24.2 Å². The lowest BCUT2D eigenvalue weighted by Crippen LogP contribution is -2.52. The number of nitrogens with one attached hydrogen (secondary N) is 2. The van der Waals surface area contributed by atoms with Crippen molar-refractivity contribution in [2.45, 2.75) is 114 Å². The molecule has 0 bridgehead atoms. The lowest BCUT2D eigenvalue weighted by Gasteiger charge is -2.27. The summed E-state index contributed by atoms with van der Waals surface area (Å²) >= 11 is 0. The van der Waals surface area contributed by atoms with Crippen molar-refractivity contribution in [3.8, 4) is 0 Å². The number of rotatable bonds is 10. The van der Waals surface area contributed by atoms with Crippen LogP contribution in [0.5, 0.6) is 0 Å². The highest BCUT2D eigenvalue weighted by Gasteiger charge is 2.50. The molecule has 0 spiro atoms. The van der Waals surface area contributed by atoms with Gasteiger partial charge in [-0.15, -0.1) is 0 Å². The van der Waals surface area contributed by atoms with Crippen LogP contribution in [-0.4, -0.2) is 108 Å². The molecule has 12 nitrogen and oxygen atoms in total. The summed E-state index contributed by atoms with van der Waals surface area (Å²) in [6, 6.07) is 14.3. The molecule has 0 radical (unpaired) electrons. The zero-order valence-electron chi connectivity index (χ0n) is 31.5. The van der Waals surface area contributed by atoms with Gasteiger partial charge in [0.05, 0.1) is 12.2 Å². The first-order valence-corrected chi connectivity index (χ1v) is 19.5. The highest BCUT2D eigenvalue weighted by Crippen LogP contribution is 2.36. The maximum atomic E-state index is 13.3. The van der Waals surface area contributed by atoms with Gasteiger partial charge in [-0.2, -0.15) is 0 Å². The highest BCUT2D eigenvalue weighted by molar-refractivity contribution is 6.00. The fourth-order valence-electron chi connectivity index (χ4n) is 8.09. The Bertz CT molecular complexity index is 1750. The zero-order chi connectivity index (χ0) is 38.1. The summed E-state index contributed by atoms with van der Waals surface area (Å²) in [5.74, 6) is 0.106. The number of hydrogen-bond acceptors (Lipinski definition) is 8. The summed E-state index contributed by atoms with van der Waals surface area (Å²) in [5, 5.41) is 5.85. The average molecular weight is 741 g/mol. The van der Waals surface area contributed by atoms with Crippen LogP contribution < -0.4 is 10.6 Å². The molecule has 54 heavy (non-hydrogen) atoms. The summed E-state index contributed by atoms with van der Waals surface area (Å²) in [6.45, 7) is 7.58. The average Bonchev–Trinajstić information content (AvgIpc) is 3.98. The number of hydrogen-bond donors (Lipinski definition) is 2. The van der Waals surface area contributed by atoms with E-state index >= 15 is 0 Å². The first-order chi connectivity index (χ1) is 25.9. The van der Waals surface area contributed by atoms with Gasteiger partial charge in [-0.1, -0.05) is 76.8 Å². The van der Waals surface area contributed by atoms with Crippen LogP contribution >= 0.6 is 0 Å². The van der Waals surface area contributed by atoms with Gasteiger partial charge in [0.15, 0.2) is 11.6 Å². The minimum absolute atomic E-state index is 0.0155. The first-order valence-electron chi connectivity index (χ1n) is 19.5. The van der Waals surface area contributed by atoms with Gasteiger partial charge in [-0.05, 0) is 72.8 Å². The number of carbonyl (C=O) groups excluding carboxylic acids is 6. The molecule has 6 fully saturated rings. The number of likely N-dealkylation sites (tertiary alicyclic amines) is 2. The second-order valence-corrected chi connectivity index (χ2v) is 16.8. The monoisotopic (exact) mass is 740 g/mol. The molecule has 2 N–H and O–H groups in total. The minimum atomic E-state index is -0.593. The van der Waals surface area contributed by atoms with E-state index in [1.807, 2.05) is 30.3 Å². The number of fused-ring (bicyclic) bond motifs is 2. The van der Waals surface area contributed by atoms with Gasteiger partial charge in [0.1, 0.15) is 37.4 Å². The van der Waals surface area contributed by atoms with E-state index in [1.54, 1.807) is 34.1 Å². The number of nitrogens with zero attached hydrogens (tertiary/aromatic N) is 2. The third kappa shape index (κ3) is 8.60. The van der Waals surface area contributed by atoms with Gasteiger partial charge >= 0.3 is 0 Å². The Morgan fingerprint density at radius 3 is 1.48 bits per heavy atom. The van der Waals surface area contributed by atoms with Crippen LogP contribution in [0.1, 0.15) is 98.4 Å². The second-order valence-electron chi connectivity index (χ2n) is 16.8. The normalized spacial score (nSPS) is 25.7. The lowest BCUT2D eigenvalue weighted by molar-refractivity contribution is -0.138. The maximum Gasteiger partial charge on any atom is 0.251 e. The van der Waals surface area contributed by atoms with Crippen molar-refractivity contribution in [1.82, 2.24) is 20.4 Å². The molecule has 2 aromatic rings. The molecule has 4 amide bonds. The molecule has 12 heteroatoms. The van der Waals surface area contributed by atoms with Crippen LogP contribution in [0.3, 0.4) is 0 Å². The Balaban J connectivity index is 0.000000168. The minimum Gasteiger partial charge on any atom is -0.368 e. The Kier molecular flexibility index (Phi) is 11.0. The van der Waals surface area contributed by atoms with E-state index in [0.717, 1.165) is 31.2 Å². The summed E-state index contributed by atoms with van der Waals surface area (Å²) in [4.78, 5) is 79.2. The van der Waals surface area contributed by atoms with Crippen LogP contribution in [0.15, 0.2) is 54.6 Å². The van der Waals surface area contributed by atoms with Crippen LogP contribution in [0.25, 0.3) is 0 Å². The molecule has 6 aliphatic rings. The van der Waals surface area contributed by atoms with Crippen LogP contribution in [0, 0.1) is 11.8 Å². The van der Waals surface area contributed by atoms with Crippen molar-refractivity contribution in [2.24, 2.45) is 11.8 Å². The van der Waals surface area contributed by atoms with E-state index in [1.165, 1.54) is 0 Å². The molecule has 8 rings (SSSR count). The molecule has 2 aliphatic carbocycles. The summed E-state index contributed by atoms with van der Waals surface area (Å²) < 4.78 is 11.0. The van der Waals surface area contributed by atoms with Crippen molar-refractivity contribution in [1.29, 1.82) is 0 Å². The van der Waals surface area contributed by atoms with E-state index in [0.29, 0.717) is 61.7 Å². The van der Waals surface area contributed by atoms with Crippen LogP contribution in [0.2, 0.25) is 0 Å². The van der Waals surface area contributed by atoms with E-state index < -0.39 is 24.2 Å². The maximum absolute atomic E-state index is 13.3. The SMILES string of the molecule is CC(C)(C)c1ccc(C(=O)NC(CC2CC2)C(=O)N2CCC3OCC(=O)C32)cc1.O=C(NC(CC1CC1)C(=O)N1CCC2OCC(=O)C21)c1ccccc1. The summed E-state index contributed by atoms with van der Waals surface area (Å²) in [6.07, 6.45) is 6.65. The van der Waals surface area contributed by atoms with E-state index in [4.69, 9.17) is 9.47 Å². The number of benzene rings is 2. The van der Waals surface area contributed by atoms with Gasteiger partial charge in [-0.25, -0.2) is 0 Å². The smallest absolute Gasteiger partial charge is 0.251 e. The molecular weight excluding hydrogens is 688 g/mol. The molecule has 2 aromatic carbocycles. The molecule has 4 heterocycles. The predicted molar refractivity (Wildman–Crippen MR) is 199 cm³/mol. The van der Waals surface area contributed by atoms with Gasteiger partial charge < -0.3 is 29.9 Å². The third-order valence-corrected chi connectivity index (χ3v) is 11.6. The quantitative estimate of drug-likeness (QED) is 0.375. The molecule has 288 valence electrons. The second kappa shape index (κ2) is 15.7. The van der Waals surface area contributed by atoms with Gasteiger partial charge in [-0.3, -0.25) is 28.8 Å². The molecule has 4 saturated heterocycles. The molecule has 6 unspecified atom stereocenters. The topological polar surface area (TPSA) is 151 Å².